The van der Waals surface area contributed by atoms with Crippen molar-refractivity contribution < 1.29 is 9.59 Å². The van der Waals surface area contributed by atoms with Crippen LogP contribution < -0.4 is 10.6 Å². The summed E-state index contributed by atoms with van der Waals surface area (Å²) in [6.07, 6.45) is 8.54. The van der Waals surface area contributed by atoms with E-state index in [1.54, 1.807) is 23.5 Å². The molecule has 0 radical (unpaired) electrons. The zero-order chi connectivity index (χ0) is 18.9. The van der Waals surface area contributed by atoms with Crippen LogP contribution in [0.2, 0.25) is 0 Å². The van der Waals surface area contributed by atoms with Crippen LogP contribution in [-0.4, -0.2) is 18.4 Å². The van der Waals surface area contributed by atoms with Gasteiger partial charge in [-0.1, -0.05) is 37.8 Å². The van der Waals surface area contributed by atoms with Crippen LogP contribution in [0.15, 0.2) is 41.8 Å². The van der Waals surface area contributed by atoms with Crippen LogP contribution in [-0.2, 0) is 11.2 Å². The van der Waals surface area contributed by atoms with Gasteiger partial charge in [0.25, 0.3) is 5.91 Å². The maximum Gasteiger partial charge on any atom is 0.251 e. The Morgan fingerprint density at radius 1 is 1.11 bits per heavy atom. The predicted octanol–water partition coefficient (Wildman–Crippen LogP) is 5.02. The first kappa shape index (κ1) is 19.6. The molecule has 2 aromatic rings. The second-order valence-electron chi connectivity index (χ2n) is 7.26. The Morgan fingerprint density at radius 3 is 2.74 bits per heavy atom. The lowest BCUT2D eigenvalue weighted by molar-refractivity contribution is -0.116. The molecule has 1 fully saturated rings. The van der Waals surface area contributed by atoms with Crippen molar-refractivity contribution in [3.63, 3.8) is 0 Å². The molecule has 1 saturated carbocycles. The van der Waals surface area contributed by atoms with E-state index in [1.165, 1.54) is 30.6 Å². The number of carbonyl (C=O) groups excluding carboxylic acids is 2. The number of hydrogen-bond donors (Lipinski definition) is 2. The van der Waals surface area contributed by atoms with Gasteiger partial charge in [0, 0.05) is 29.1 Å². The molecule has 0 saturated heterocycles. The Labute approximate surface area is 165 Å². The third kappa shape index (κ3) is 6.51. The average Bonchev–Trinajstić information content (AvgIpc) is 3.36. The molecule has 27 heavy (non-hydrogen) atoms. The van der Waals surface area contributed by atoms with E-state index in [-0.39, 0.29) is 11.8 Å². The van der Waals surface area contributed by atoms with Crippen LogP contribution in [0.4, 0.5) is 5.69 Å². The van der Waals surface area contributed by atoms with Gasteiger partial charge in [0.05, 0.1) is 0 Å². The molecule has 2 amide bonds. The van der Waals surface area contributed by atoms with Crippen molar-refractivity contribution in [2.75, 3.05) is 11.9 Å². The quantitative estimate of drug-likeness (QED) is 0.638. The molecular formula is C22H28N2O2S. The Kier molecular flexibility index (Phi) is 7.45. The Balaban J connectivity index is 1.41. The summed E-state index contributed by atoms with van der Waals surface area (Å²) < 4.78 is 0. The van der Waals surface area contributed by atoms with Crippen LogP contribution in [0.1, 0.15) is 60.2 Å². The summed E-state index contributed by atoms with van der Waals surface area (Å²) >= 11 is 1.72. The minimum atomic E-state index is -0.0678. The molecule has 4 nitrogen and oxygen atoms in total. The number of carbonyl (C=O) groups is 2. The Bertz CT molecular complexity index is 737. The molecule has 0 unspecified atom stereocenters. The van der Waals surface area contributed by atoms with Gasteiger partial charge < -0.3 is 10.6 Å². The van der Waals surface area contributed by atoms with Crippen LogP contribution in [0.3, 0.4) is 0 Å². The average molecular weight is 385 g/mol. The van der Waals surface area contributed by atoms with E-state index in [9.17, 15) is 9.59 Å². The van der Waals surface area contributed by atoms with E-state index in [4.69, 9.17) is 0 Å². The second kappa shape index (κ2) is 10.3. The molecule has 144 valence electrons. The molecule has 0 aliphatic heterocycles. The van der Waals surface area contributed by atoms with Gasteiger partial charge >= 0.3 is 0 Å². The van der Waals surface area contributed by atoms with E-state index < -0.39 is 0 Å². The van der Waals surface area contributed by atoms with Gasteiger partial charge in [-0.2, -0.15) is 0 Å². The monoisotopic (exact) mass is 384 g/mol. The lowest BCUT2D eigenvalue weighted by Crippen LogP contribution is -2.25. The van der Waals surface area contributed by atoms with Gasteiger partial charge in [-0.3, -0.25) is 9.59 Å². The molecule has 1 heterocycles. The Morgan fingerprint density at radius 2 is 1.96 bits per heavy atom. The SMILES string of the molecule is O=C(CCCc1cccs1)Nc1cccc(C(=O)NCCC2CCCC2)c1. The number of nitrogens with one attached hydrogen (secondary N) is 2. The maximum atomic E-state index is 12.3. The molecule has 1 aromatic heterocycles. The summed E-state index contributed by atoms with van der Waals surface area (Å²) in [5.74, 6) is 0.692. The van der Waals surface area contributed by atoms with Crippen molar-refractivity contribution in [2.24, 2.45) is 5.92 Å². The van der Waals surface area contributed by atoms with E-state index in [2.05, 4.69) is 22.1 Å². The number of anilines is 1. The van der Waals surface area contributed by atoms with Gasteiger partial charge in [0.1, 0.15) is 0 Å². The van der Waals surface area contributed by atoms with Gasteiger partial charge in [-0.25, -0.2) is 0 Å². The summed E-state index contributed by atoms with van der Waals surface area (Å²) in [4.78, 5) is 25.8. The fraction of sp³-hybridized carbons (Fsp3) is 0.455. The molecule has 1 aliphatic carbocycles. The molecule has 0 bridgehead atoms. The second-order valence-corrected chi connectivity index (χ2v) is 8.29. The van der Waals surface area contributed by atoms with Gasteiger partial charge in [-0.15, -0.1) is 11.3 Å². The number of hydrogen-bond acceptors (Lipinski definition) is 3. The smallest absolute Gasteiger partial charge is 0.251 e. The first-order chi connectivity index (χ1) is 13.2. The summed E-state index contributed by atoms with van der Waals surface area (Å²) in [7, 11) is 0. The molecule has 3 rings (SSSR count). The highest BCUT2D eigenvalue weighted by Gasteiger charge is 2.15. The number of benzene rings is 1. The molecule has 5 heteroatoms. The van der Waals surface area contributed by atoms with Crippen molar-refractivity contribution in [3.8, 4) is 0 Å². The highest BCUT2D eigenvalue weighted by molar-refractivity contribution is 7.09. The molecule has 1 aliphatic rings. The van der Waals surface area contributed by atoms with Crippen LogP contribution in [0.25, 0.3) is 0 Å². The summed E-state index contributed by atoms with van der Waals surface area (Å²) in [5.41, 5.74) is 1.28. The Hall–Kier alpha value is -2.14. The van der Waals surface area contributed by atoms with Gasteiger partial charge in [-0.05, 0) is 54.8 Å². The summed E-state index contributed by atoms with van der Waals surface area (Å²) in [6, 6.07) is 11.3. The van der Waals surface area contributed by atoms with Gasteiger partial charge in [0.15, 0.2) is 0 Å². The summed E-state index contributed by atoms with van der Waals surface area (Å²) in [6.45, 7) is 0.725. The third-order valence-electron chi connectivity index (χ3n) is 5.13. The third-order valence-corrected chi connectivity index (χ3v) is 6.06. The minimum absolute atomic E-state index is 0.00894. The number of thiophene rings is 1. The van der Waals surface area contributed by atoms with Crippen molar-refractivity contribution in [3.05, 3.63) is 52.2 Å². The lowest BCUT2D eigenvalue weighted by atomic mass is 10.0. The van der Waals surface area contributed by atoms with Crippen LogP contribution in [0, 0.1) is 5.92 Å². The first-order valence-corrected chi connectivity index (χ1v) is 10.8. The number of amides is 2. The van der Waals surface area contributed by atoms with E-state index >= 15 is 0 Å². The molecule has 2 N–H and O–H groups in total. The fourth-order valence-electron chi connectivity index (χ4n) is 3.63. The van der Waals surface area contributed by atoms with E-state index in [0.29, 0.717) is 17.7 Å². The van der Waals surface area contributed by atoms with Crippen molar-refractivity contribution in [2.45, 2.75) is 51.4 Å². The van der Waals surface area contributed by atoms with Crippen molar-refractivity contribution in [1.82, 2.24) is 5.32 Å². The largest absolute Gasteiger partial charge is 0.352 e. The fourth-order valence-corrected chi connectivity index (χ4v) is 4.38. The zero-order valence-electron chi connectivity index (χ0n) is 15.7. The van der Waals surface area contributed by atoms with Crippen LogP contribution in [0.5, 0.6) is 0 Å². The zero-order valence-corrected chi connectivity index (χ0v) is 16.5. The molecule has 0 atom stereocenters. The standard InChI is InChI=1S/C22H28N2O2S/c25-21(12-4-10-20-11-5-15-27-20)24-19-9-3-8-18(16-19)22(26)23-14-13-17-6-1-2-7-17/h3,5,8-9,11,15-17H,1-2,4,6-7,10,12-14H2,(H,23,26)(H,24,25). The first-order valence-electron chi connectivity index (χ1n) is 9.91. The molecule has 0 spiro atoms. The highest BCUT2D eigenvalue weighted by atomic mass is 32.1. The van der Waals surface area contributed by atoms with Gasteiger partial charge in [0.2, 0.25) is 5.91 Å². The topological polar surface area (TPSA) is 58.2 Å². The lowest BCUT2D eigenvalue weighted by Gasteiger charge is -2.11. The predicted molar refractivity (Wildman–Crippen MR) is 111 cm³/mol. The highest BCUT2D eigenvalue weighted by Crippen LogP contribution is 2.26. The minimum Gasteiger partial charge on any atom is -0.352 e. The number of rotatable bonds is 9. The molecule has 1 aromatic carbocycles. The van der Waals surface area contributed by atoms with Crippen molar-refractivity contribution >= 4 is 28.8 Å². The van der Waals surface area contributed by atoms with E-state index in [1.807, 2.05) is 18.2 Å². The van der Waals surface area contributed by atoms with Crippen molar-refractivity contribution in [1.29, 1.82) is 0 Å². The van der Waals surface area contributed by atoms with Crippen LogP contribution >= 0.6 is 11.3 Å². The normalized spacial score (nSPS) is 14.2. The molecular weight excluding hydrogens is 356 g/mol. The maximum absolute atomic E-state index is 12.3. The van der Waals surface area contributed by atoms with E-state index in [0.717, 1.165) is 31.7 Å². The number of aryl methyl sites for hydroxylation is 1. The summed E-state index contributed by atoms with van der Waals surface area (Å²) in [5, 5.41) is 7.96.